The molecule has 0 amide bonds. The van der Waals surface area contributed by atoms with Crippen molar-refractivity contribution in [3.8, 4) is 0 Å². The Labute approximate surface area is 51.5 Å². The first kappa shape index (κ1) is 8.90. The van der Waals surface area contributed by atoms with Crippen LogP contribution in [0.2, 0.25) is 0 Å². The van der Waals surface area contributed by atoms with Crippen LogP contribution in [-0.2, 0) is 4.29 Å². The number of alkyl halides is 5. The van der Waals surface area contributed by atoms with E-state index in [4.69, 9.17) is 0 Å². The fraction of sp³-hybridized carbons (Fsp3) is 1.00. The predicted octanol–water partition coefficient (Wildman–Crippen LogP) is 2.31. The van der Waals surface area contributed by atoms with Gasteiger partial charge >= 0.3 is 12.3 Å². The second kappa shape index (κ2) is 2.26. The quantitative estimate of drug-likeness (QED) is 0.549. The molecule has 0 aromatic carbocycles. The molecular weight excluding hydrogens is 170 g/mol. The zero-order chi connectivity index (χ0) is 7.71. The van der Waals surface area contributed by atoms with Gasteiger partial charge in [0.15, 0.2) is 0 Å². The zero-order valence-electron chi connectivity index (χ0n) is 3.68. The minimum atomic E-state index is -5.74. The van der Waals surface area contributed by atoms with Crippen molar-refractivity contribution >= 4 is 11.9 Å². The van der Waals surface area contributed by atoms with Crippen molar-refractivity contribution in [2.45, 2.75) is 12.3 Å². The van der Waals surface area contributed by atoms with E-state index in [9.17, 15) is 22.0 Å². The van der Waals surface area contributed by atoms with Gasteiger partial charge in [-0.3, -0.25) is 0 Å². The summed E-state index contributed by atoms with van der Waals surface area (Å²) in [5.41, 5.74) is 0. The lowest BCUT2D eigenvalue weighted by molar-refractivity contribution is -0.360. The molecule has 0 rings (SSSR count). The summed E-state index contributed by atoms with van der Waals surface area (Å²) in [4.78, 5) is 0. The second-order valence-electron chi connectivity index (χ2n) is 1.09. The maximum atomic E-state index is 11.2. The van der Waals surface area contributed by atoms with E-state index >= 15 is 0 Å². The monoisotopic (exact) mass is 170 g/mol. The third-order valence-corrected chi connectivity index (χ3v) is 0.621. The van der Waals surface area contributed by atoms with Crippen LogP contribution in [-0.4, -0.2) is 12.3 Å². The highest BCUT2D eigenvalue weighted by atomic mass is 35.5. The van der Waals surface area contributed by atoms with Gasteiger partial charge in [0, 0.05) is 0 Å². The molecular formula is C2ClF5O. The van der Waals surface area contributed by atoms with Crippen LogP contribution < -0.4 is 0 Å². The highest BCUT2D eigenvalue weighted by Gasteiger charge is 2.60. The molecule has 0 fully saturated rings. The molecule has 0 saturated heterocycles. The van der Waals surface area contributed by atoms with Crippen LogP contribution in [0.5, 0.6) is 0 Å². The van der Waals surface area contributed by atoms with Gasteiger partial charge in [0.05, 0.1) is 11.9 Å². The summed E-state index contributed by atoms with van der Waals surface area (Å²) in [5, 5.41) is 0. The molecule has 0 aliphatic heterocycles. The Morgan fingerprint density at radius 3 is 1.33 bits per heavy atom. The highest BCUT2D eigenvalue weighted by molar-refractivity contribution is 6.07. The first-order chi connectivity index (χ1) is 3.81. The van der Waals surface area contributed by atoms with Gasteiger partial charge in [-0.25, -0.2) is 4.29 Å². The Bertz CT molecular complexity index is 97.6. The molecule has 0 N–H and O–H groups in total. The van der Waals surface area contributed by atoms with Gasteiger partial charge in [0.1, 0.15) is 0 Å². The highest BCUT2D eigenvalue weighted by Crippen LogP contribution is 2.36. The maximum absolute atomic E-state index is 11.2. The Balaban J connectivity index is 4.14. The summed E-state index contributed by atoms with van der Waals surface area (Å²) in [7, 11) is 0. The van der Waals surface area contributed by atoms with Gasteiger partial charge in [0.2, 0.25) is 0 Å². The maximum Gasteiger partial charge on any atom is 0.484 e. The number of halogens is 6. The number of hydrogen-bond acceptors (Lipinski definition) is 1. The molecule has 0 heterocycles. The van der Waals surface area contributed by atoms with Crippen LogP contribution in [0.25, 0.3) is 0 Å². The average molecular weight is 170 g/mol. The molecule has 0 aromatic rings. The smallest absolute Gasteiger partial charge is 0.201 e. The van der Waals surface area contributed by atoms with Crippen molar-refractivity contribution in [1.29, 1.82) is 0 Å². The first-order valence-electron chi connectivity index (χ1n) is 1.55. The molecule has 0 saturated carbocycles. The number of hydrogen-bond donors (Lipinski definition) is 0. The molecule has 0 aliphatic rings. The fourth-order valence-electron chi connectivity index (χ4n) is 0.0437. The van der Waals surface area contributed by atoms with E-state index in [1.807, 2.05) is 0 Å². The van der Waals surface area contributed by atoms with Crippen LogP contribution in [0.15, 0.2) is 0 Å². The summed E-state index contributed by atoms with van der Waals surface area (Å²) in [6, 6.07) is 0. The standard InChI is InChI=1S/C2ClF5O/c3-9-2(7,8)1(4,5)6. The summed E-state index contributed by atoms with van der Waals surface area (Å²) in [6.07, 6.45) is -11.0. The van der Waals surface area contributed by atoms with Crippen molar-refractivity contribution in [2.24, 2.45) is 0 Å². The summed E-state index contributed by atoms with van der Waals surface area (Å²) < 4.78 is 57.3. The topological polar surface area (TPSA) is 9.23 Å². The predicted molar refractivity (Wildman–Crippen MR) is 17.9 cm³/mol. The Hall–Kier alpha value is -0.100. The van der Waals surface area contributed by atoms with E-state index in [2.05, 4.69) is 16.2 Å². The van der Waals surface area contributed by atoms with Gasteiger partial charge in [-0.15, -0.1) is 0 Å². The van der Waals surface area contributed by atoms with Crippen molar-refractivity contribution in [2.75, 3.05) is 0 Å². The van der Waals surface area contributed by atoms with Gasteiger partial charge < -0.3 is 0 Å². The molecule has 0 unspecified atom stereocenters. The molecule has 0 atom stereocenters. The lowest BCUT2D eigenvalue weighted by Gasteiger charge is -2.13. The van der Waals surface area contributed by atoms with Crippen molar-refractivity contribution in [1.82, 2.24) is 0 Å². The van der Waals surface area contributed by atoms with Crippen LogP contribution in [0.3, 0.4) is 0 Å². The Kier molecular flexibility index (Phi) is 2.24. The van der Waals surface area contributed by atoms with Crippen molar-refractivity contribution < 1.29 is 26.2 Å². The van der Waals surface area contributed by atoms with Crippen molar-refractivity contribution in [3.05, 3.63) is 0 Å². The van der Waals surface area contributed by atoms with Crippen LogP contribution in [0, 0.1) is 0 Å². The minimum absolute atomic E-state index is 2.32. The van der Waals surface area contributed by atoms with Crippen LogP contribution in [0.4, 0.5) is 22.0 Å². The molecule has 0 aliphatic carbocycles. The van der Waals surface area contributed by atoms with E-state index in [-0.39, 0.29) is 0 Å². The first-order valence-corrected chi connectivity index (χ1v) is 1.86. The molecule has 0 aromatic heterocycles. The number of rotatable bonds is 1. The van der Waals surface area contributed by atoms with Crippen LogP contribution in [0.1, 0.15) is 0 Å². The van der Waals surface area contributed by atoms with E-state index in [0.717, 1.165) is 0 Å². The van der Waals surface area contributed by atoms with Gasteiger partial charge in [-0.1, -0.05) is 0 Å². The van der Waals surface area contributed by atoms with Gasteiger partial charge in [-0.2, -0.15) is 22.0 Å². The van der Waals surface area contributed by atoms with E-state index < -0.39 is 12.3 Å². The second-order valence-corrected chi connectivity index (χ2v) is 1.25. The molecule has 9 heavy (non-hydrogen) atoms. The third kappa shape index (κ3) is 1.94. The van der Waals surface area contributed by atoms with E-state index in [1.165, 1.54) is 0 Å². The SMILES string of the molecule is FC(F)(F)C(F)(F)OCl. The summed E-state index contributed by atoms with van der Waals surface area (Å²) in [6.45, 7) is 0. The van der Waals surface area contributed by atoms with E-state index in [0.29, 0.717) is 0 Å². The molecule has 0 bridgehead atoms. The fourth-order valence-corrected chi connectivity index (χ4v) is 0.131. The largest absolute Gasteiger partial charge is 0.484 e. The third-order valence-electron chi connectivity index (χ3n) is 0.427. The summed E-state index contributed by atoms with van der Waals surface area (Å²) in [5.74, 6) is 0. The molecule has 56 valence electrons. The molecule has 1 nitrogen and oxygen atoms in total. The Morgan fingerprint density at radius 1 is 1.00 bits per heavy atom. The van der Waals surface area contributed by atoms with E-state index in [1.54, 1.807) is 0 Å². The molecule has 0 radical (unpaired) electrons. The zero-order valence-corrected chi connectivity index (χ0v) is 4.43. The average Bonchev–Trinajstić information content (AvgIpc) is 1.64. The minimum Gasteiger partial charge on any atom is -0.201 e. The van der Waals surface area contributed by atoms with Gasteiger partial charge in [-0.05, 0) is 0 Å². The molecule has 7 heteroatoms. The summed E-state index contributed by atoms with van der Waals surface area (Å²) >= 11 is 3.81. The molecule has 0 spiro atoms. The normalized spacial score (nSPS) is 14.0. The lowest BCUT2D eigenvalue weighted by atomic mass is 10.6. The van der Waals surface area contributed by atoms with Crippen molar-refractivity contribution in [3.63, 3.8) is 0 Å². The Morgan fingerprint density at radius 2 is 1.33 bits per heavy atom. The van der Waals surface area contributed by atoms with Gasteiger partial charge in [0.25, 0.3) is 0 Å². The van der Waals surface area contributed by atoms with Crippen LogP contribution >= 0.6 is 11.9 Å². The lowest BCUT2D eigenvalue weighted by Crippen LogP contribution is -2.36.